The number of benzene rings is 4. The molecule has 0 saturated heterocycles. The zero-order valence-corrected chi connectivity index (χ0v) is 23.6. The van der Waals surface area contributed by atoms with E-state index in [1.165, 1.54) is 35.3 Å². The van der Waals surface area contributed by atoms with Crippen LogP contribution in [0.15, 0.2) is 103 Å². The molecule has 0 atom stereocenters. The lowest BCUT2D eigenvalue weighted by Gasteiger charge is -2.13. The van der Waals surface area contributed by atoms with Crippen LogP contribution in [0.2, 0.25) is 0 Å². The van der Waals surface area contributed by atoms with Gasteiger partial charge in [-0.1, -0.05) is 66.7 Å². The van der Waals surface area contributed by atoms with Gasteiger partial charge >= 0.3 is 6.36 Å². The van der Waals surface area contributed by atoms with Crippen LogP contribution in [0.5, 0.6) is 11.5 Å². The highest BCUT2D eigenvalue weighted by atomic mass is 19.4. The molecule has 4 aromatic carbocycles. The third-order valence-corrected chi connectivity index (χ3v) is 7.01. The monoisotopic (exact) mass is 585 g/mol. The van der Waals surface area contributed by atoms with Crippen molar-refractivity contribution in [1.82, 2.24) is 14.8 Å². The standard InChI is InChI=1S/C34H30F3N3O3/c1-42-32-13-7-6-12-31(32)30-11-5-3-9-26(30)22-28(41)10-4-2-8-24-14-16-25(17-15-24)33-38-23-40(39-33)27-18-20-29(21-19-27)43-34(35,36)37/h3,5-7,9,11-21,23H,2,4,8,10,22H2,1H3. The summed E-state index contributed by atoms with van der Waals surface area (Å²) in [5, 5.41) is 4.45. The van der Waals surface area contributed by atoms with Crippen LogP contribution < -0.4 is 9.47 Å². The average molecular weight is 586 g/mol. The van der Waals surface area contributed by atoms with E-state index in [4.69, 9.17) is 4.74 Å². The van der Waals surface area contributed by atoms with E-state index in [0.29, 0.717) is 24.4 Å². The Morgan fingerprint density at radius 2 is 1.53 bits per heavy atom. The van der Waals surface area contributed by atoms with E-state index in [-0.39, 0.29) is 11.5 Å². The molecule has 0 radical (unpaired) electrons. The summed E-state index contributed by atoms with van der Waals surface area (Å²) in [5.74, 6) is 1.19. The van der Waals surface area contributed by atoms with Gasteiger partial charge < -0.3 is 9.47 Å². The molecule has 9 heteroatoms. The SMILES string of the molecule is COc1ccccc1-c1ccccc1CC(=O)CCCCc1ccc(-c2ncn(-c3ccc(OC(F)(F)F)cc3)n2)cc1. The van der Waals surface area contributed by atoms with Crippen LogP contribution in [0.1, 0.15) is 30.4 Å². The van der Waals surface area contributed by atoms with Gasteiger partial charge in [0.15, 0.2) is 5.82 Å². The lowest BCUT2D eigenvalue weighted by molar-refractivity contribution is -0.274. The Balaban J connectivity index is 1.11. The lowest BCUT2D eigenvalue weighted by Crippen LogP contribution is -2.17. The molecule has 0 spiro atoms. The first-order chi connectivity index (χ1) is 20.8. The van der Waals surface area contributed by atoms with Gasteiger partial charge in [0.2, 0.25) is 0 Å². The van der Waals surface area contributed by atoms with Crippen molar-refractivity contribution < 1.29 is 27.4 Å². The van der Waals surface area contributed by atoms with Gasteiger partial charge in [0, 0.05) is 24.0 Å². The Morgan fingerprint density at radius 3 is 2.26 bits per heavy atom. The number of para-hydroxylation sites is 1. The van der Waals surface area contributed by atoms with Gasteiger partial charge in [-0.3, -0.25) is 4.79 Å². The molecule has 5 aromatic rings. The zero-order valence-electron chi connectivity index (χ0n) is 23.6. The summed E-state index contributed by atoms with van der Waals surface area (Å²) < 4.78 is 48.1. The summed E-state index contributed by atoms with van der Waals surface area (Å²) in [4.78, 5) is 17.2. The van der Waals surface area contributed by atoms with Crippen molar-refractivity contribution in [3.8, 4) is 39.7 Å². The van der Waals surface area contributed by atoms with Gasteiger partial charge in [-0.2, -0.15) is 0 Å². The van der Waals surface area contributed by atoms with Crippen molar-refractivity contribution in [2.24, 2.45) is 0 Å². The van der Waals surface area contributed by atoms with Crippen molar-refractivity contribution >= 4 is 5.78 Å². The van der Waals surface area contributed by atoms with Crippen LogP contribution >= 0.6 is 0 Å². The zero-order chi connectivity index (χ0) is 30.2. The summed E-state index contributed by atoms with van der Waals surface area (Å²) >= 11 is 0. The van der Waals surface area contributed by atoms with Crippen molar-refractivity contribution in [2.75, 3.05) is 7.11 Å². The number of unbranched alkanes of at least 4 members (excludes halogenated alkanes) is 1. The molecule has 1 heterocycles. The molecule has 0 amide bonds. The van der Waals surface area contributed by atoms with Gasteiger partial charge in [0.25, 0.3) is 0 Å². The number of nitrogens with zero attached hydrogens (tertiary/aromatic N) is 3. The molecule has 5 rings (SSSR count). The number of alkyl halides is 3. The number of aromatic nitrogens is 3. The molecule has 0 bridgehead atoms. The fraction of sp³-hybridized carbons (Fsp3) is 0.206. The molecule has 220 valence electrons. The quantitative estimate of drug-likeness (QED) is 0.139. The molecule has 0 fully saturated rings. The normalized spacial score (nSPS) is 11.3. The number of halogens is 3. The number of hydrogen-bond acceptors (Lipinski definition) is 5. The van der Waals surface area contributed by atoms with Crippen LogP contribution in [-0.4, -0.2) is 34.0 Å². The van der Waals surface area contributed by atoms with Crippen LogP contribution in [0, 0.1) is 0 Å². The van der Waals surface area contributed by atoms with E-state index >= 15 is 0 Å². The maximum absolute atomic E-state index is 12.8. The number of carbonyl (C=O) groups is 1. The lowest BCUT2D eigenvalue weighted by atomic mass is 9.94. The molecule has 0 unspecified atom stereocenters. The van der Waals surface area contributed by atoms with Gasteiger partial charge in [-0.15, -0.1) is 18.3 Å². The minimum atomic E-state index is -4.74. The summed E-state index contributed by atoms with van der Waals surface area (Å²) in [6.45, 7) is 0. The predicted octanol–water partition coefficient (Wildman–Crippen LogP) is 8.03. The summed E-state index contributed by atoms with van der Waals surface area (Å²) in [7, 11) is 1.65. The van der Waals surface area contributed by atoms with Gasteiger partial charge in [0.1, 0.15) is 23.6 Å². The first-order valence-corrected chi connectivity index (χ1v) is 13.9. The number of ketones is 1. The van der Waals surface area contributed by atoms with E-state index in [9.17, 15) is 18.0 Å². The average Bonchev–Trinajstić information content (AvgIpc) is 3.50. The Kier molecular flexibility index (Phi) is 9.20. The molecule has 0 N–H and O–H groups in total. The molecule has 0 saturated carbocycles. The molecule has 6 nitrogen and oxygen atoms in total. The van der Waals surface area contributed by atoms with Crippen LogP contribution in [0.3, 0.4) is 0 Å². The largest absolute Gasteiger partial charge is 0.573 e. The number of hydrogen-bond donors (Lipinski definition) is 0. The number of methoxy groups -OCH3 is 1. The summed E-state index contributed by atoms with van der Waals surface area (Å²) in [6.07, 6.45) is 0.207. The highest BCUT2D eigenvalue weighted by molar-refractivity contribution is 5.84. The molecule has 0 aliphatic rings. The maximum atomic E-state index is 12.8. The van der Waals surface area contributed by atoms with E-state index < -0.39 is 6.36 Å². The fourth-order valence-electron chi connectivity index (χ4n) is 4.90. The van der Waals surface area contributed by atoms with Crippen molar-refractivity contribution in [1.29, 1.82) is 0 Å². The van der Waals surface area contributed by atoms with E-state index in [1.807, 2.05) is 72.8 Å². The molecule has 43 heavy (non-hydrogen) atoms. The maximum Gasteiger partial charge on any atom is 0.573 e. The second-order valence-corrected chi connectivity index (χ2v) is 10.0. The minimum absolute atomic E-state index is 0.210. The predicted molar refractivity (Wildman–Crippen MR) is 158 cm³/mol. The highest BCUT2D eigenvalue weighted by Gasteiger charge is 2.31. The highest BCUT2D eigenvalue weighted by Crippen LogP contribution is 2.32. The van der Waals surface area contributed by atoms with Gasteiger partial charge in [-0.25, -0.2) is 9.67 Å². The third kappa shape index (κ3) is 7.88. The van der Waals surface area contributed by atoms with Crippen molar-refractivity contribution in [3.63, 3.8) is 0 Å². The molecule has 0 aliphatic heterocycles. The Labute approximate surface area is 247 Å². The first kappa shape index (κ1) is 29.6. The Hall–Kier alpha value is -4.92. The van der Waals surface area contributed by atoms with Crippen molar-refractivity contribution in [2.45, 2.75) is 38.5 Å². The second kappa shape index (κ2) is 13.4. The van der Waals surface area contributed by atoms with Crippen molar-refractivity contribution in [3.05, 3.63) is 115 Å². The number of Topliss-reactive ketones (excluding diaryl/α,β-unsaturated/α-hetero) is 1. The van der Waals surface area contributed by atoms with E-state index in [2.05, 4.69) is 14.8 Å². The number of carbonyl (C=O) groups excluding carboxylic acids is 1. The fourth-order valence-corrected chi connectivity index (χ4v) is 4.90. The van der Waals surface area contributed by atoms with Gasteiger partial charge in [-0.05, 0) is 66.3 Å². The van der Waals surface area contributed by atoms with E-state index in [0.717, 1.165) is 52.8 Å². The number of rotatable bonds is 12. The summed E-state index contributed by atoms with van der Waals surface area (Å²) in [6, 6.07) is 29.1. The smallest absolute Gasteiger partial charge is 0.496 e. The molecular weight excluding hydrogens is 555 g/mol. The molecule has 0 aliphatic carbocycles. The third-order valence-electron chi connectivity index (χ3n) is 7.01. The minimum Gasteiger partial charge on any atom is -0.496 e. The number of ether oxygens (including phenoxy) is 2. The molecule has 1 aromatic heterocycles. The van der Waals surface area contributed by atoms with E-state index in [1.54, 1.807) is 7.11 Å². The topological polar surface area (TPSA) is 66.2 Å². The summed E-state index contributed by atoms with van der Waals surface area (Å²) in [5.41, 5.74) is 5.52. The molecular formula is C34H30F3N3O3. The second-order valence-electron chi connectivity index (χ2n) is 10.0. The Morgan fingerprint density at radius 1 is 0.837 bits per heavy atom. The number of aryl methyl sites for hydroxylation is 1. The first-order valence-electron chi connectivity index (χ1n) is 13.9. The van der Waals surface area contributed by atoms with Gasteiger partial charge in [0.05, 0.1) is 12.8 Å². The van der Waals surface area contributed by atoms with Crippen LogP contribution in [0.4, 0.5) is 13.2 Å². The van der Waals surface area contributed by atoms with Crippen LogP contribution in [-0.2, 0) is 17.6 Å². The van der Waals surface area contributed by atoms with Crippen LogP contribution in [0.25, 0.3) is 28.2 Å². The Bertz CT molecular complexity index is 1660.